The molecule has 2 heterocycles. The van der Waals surface area contributed by atoms with Crippen LogP contribution in [0.2, 0.25) is 0 Å². The van der Waals surface area contributed by atoms with Crippen LogP contribution in [0.5, 0.6) is 0 Å². The van der Waals surface area contributed by atoms with Gasteiger partial charge in [0.2, 0.25) is 5.91 Å². The first-order chi connectivity index (χ1) is 13.1. The first-order valence-corrected chi connectivity index (χ1v) is 9.99. The molecule has 2 N–H and O–H groups in total. The number of carbonyl (C=O) groups excluding carboxylic acids is 2. The number of benzene rings is 1. The van der Waals surface area contributed by atoms with Gasteiger partial charge in [0.1, 0.15) is 6.61 Å². The van der Waals surface area contributed by atoms with Crippen LogP contribution in [-0.2, 0) is 16.1 Å². The van der Waals surface area contributed by atoms with Crippen LogP contribution in [0.25, 0.3) is 0 Å². The highest BCUT2D eigenvalue weighted by Gasteiger charge is 2.26. The fourth-order valence-electron chi connectivity index (χ4n) is 3.03. The minimum Gasteiger partial charge on any atom is -0.445 e. The lowest BCUT2D eigenvalue weighted by Gasteiger charge is -2.29. The molecule has 2 saturated heterocycles. The maximum absolute atomic E-state index is 11.8. The van der Waals surface area contributed by atoms with Gasteiger partial charge in [-0.15, -0.1) is 0 Å². The van der Waals surface area contributed by atoms with E-state index in [0.29, 0.717) is 25.9 Å². The van der Waals surface area contributed by atoms with E-state index in [-0.39, 0.29) is 24.5 Å². The number of likely N-dealkylation sites (tertiary alicyclic amines) is 2. The third kappa shape index (κ3) is 8.91. The molecule has 152 valence electrons. The molecule has 0 spiro atoms. The summed E-state index contributed by atoms with van der Waals surface area (Å²) in [7, 11) is 2.17. The fraction of sp³-hybridized carbons (Fsp3) is 0.619. The Labute approximate surface area is 163 Å². The van der Waals surface area contributed by atoms with E-state index >= 15 is 0 Å². The number of piperidine rings is 1. The quantitative estimate of drug-likeness (QED) is 0.877. The molecule has 6 nitrogen and oxygen atoms in total. The van der Waals surface area contributed by atoms with E-state index in [1.54, 1.807) is 4.90 Å². The number of carbonyl (C=O) groups is 2. The molecule has 0 aliphatic carbocycles. The summed E-state index contributed by atoms with van der Waals surface area (Å²) in [5.74, 6) is -0.393. The molecule has 27 heavy (non-hydrogen) atoms. The standard InChI is InChI=1S/C14H18N2O3.C5H11N.C2H6/c15-13(17)12-6-8-16(9-7-12)14(18)19-10-11-4-2-1-3-5-11;1-6-4-2-3-5-6;1-2/h1-5,12H,6-10H2,(H2,15,17);2-5H2,1H3;1-2H3. The van der Waals surface area contributed by atoms with Crippen molar-refractivity contribution in [3.8, 4) is 0 Å². The van der Waals surface area contributed by atoms with E-state index in [9.17, 15) is 9.59 Å². The monoisotopic (exact) mass is 377 g/mol. The predicted octanol–water partition coefficient (Wildman–Crippen LogP) is 3.26. The van der Waals surface area contributed by atoms with Crippen LogP contribution in [0.15, 0.2) is 30.3 Å². The van der Waals surface area contributed by atoms with E-state index in [2.05, 4.69) is 11.9 Å². The first-order valence-electron chi connectivity index (χ1n) is 9.99. The number of primary amides is 1. The van der Waals surface area contributed by atoms with E-state index in [0.717, 1.165) is 5.56 Å². The molecule has 1 aromatic rings. The molecular formula is C21H35N3O3. The second-order valence-corrected chi connectivity index (χ2v) is 6.71. The molecule has 0 radical (unpaired) electrons. The second kappa shape index (κ2) is 13.1. The molecule has 2 fully saturated rings. The van der Waals surface area contributed by atoms with Crippen molar-refractivity contribution in [2.45, 2.75) is 46.1 Å². The average Bonchev–Trinajstić information content (AvgIpc) is 3.20. The van der Waals surface area contributed by atoms with Crippen molar-refractivity contribution >= 4 is 12.0 Å². The van der Waals surface area contributed by atoms with Gasteiger partial charge in [0.25, 0.3) is 0 Å². The van der Waals surface area contributed by atoms with E-state index in [1.807, 2.05) is 44.2 Å². The van der Waals surface area contributed by atoms with Crippen molar-refractivity contribution in [1.29, 1.82) is 0 Å². The van der Waals surface area contributed by atoms with E-state index in [4.69, 9.17) is 10.5 Å². The Morgan fingerprint density at radius 3 is 2.04 bits per heavy atom. The lowest BCUT2D eigenvalue weighted by atomic mass is 9.97. The van der Waals surface area contributed by atoms with Crippen LogP contribution in [0, 0.1) is 5.92 Å². The van der Waals surface area contributed by atoms with Gasteiger partial charge in [0, 0.05) is 19.0 Å². The van der Waals surface area contributed by atoms with Crippen molar-refractivity contribution in [3.63, 3.8) is 0 Å². The van der Waals surface area contributed by atoms with Crippen LogP contribution >= 0.6 is 0 Å². The Balaban J connectivity index is 0.000000381. The summed E-state index contributed by atoms with van der Waals surface area (Å²) in [5.41, 5.74) is 6.21. The highest BCUT2D eigenvalue weighted by molar-refractivity contribution is 5.77. The maximum atomic E-state index is 11.8. The predicted molar refractivity (Wildman–Crippen MR) is 108 cm³/mol. The van der Waals surface area contributed by atoms with Gasteiger partial charge < -0.3 is 20.3 Å². The highest BCUT2D eigenvalue weighted by atomic mass is 16.6. The molecule has 0 saturated carbocycles. The van der Waals surface area contributed by atoms with Gasteiger partial charge in [0.15, 0.2) is 0 Å². The zero-order valence-electron chi connectivity index (χ0n) is 17.0. The van der Waals surface area contributed by atoms with E-state index in [1.165, 1.54) is 25.9 Å². The van der Waals surface area contributed by atoms with Gasteiger partial charge in [-0.2, -0.15) is 0 Å². The Kier molecular flexibility index (Phi) is 11.2. The zero-order valence-corrected chi connectivity index (χ0v) is 17.0. The van der Waals surface area contributed by atoms with Gasteiger partial charge >= 0.3 is 6.09 Å². The maximum Gasteiger partial charge on any atom is 0.410 e. The fourth-order valence-corrected chi connectivity index (χ4v) is 3.03. The topological polar surface area (TPSA) is 75.9 Å². The van der Waals surface area contributed by atoms with Gasteiger partial charge in [-0.05, 0) is 51.4 Å². The lowest BCUT2D eigenvalue weighted by Crippen LogP contribution is -2.41. The van der Waals surface area contributed by atoms with Crippen LogP contribution in [-0.4, -0.2) is 55.0 Å². The van der Waals surface area contributed by atoms with Gasteiger partial charge in [-0.1, -0.05) is 44.2 Å². The number of ether oxygens (including phenoxy) is 1. The molecule has 0 unspecified atom stereocenters. The second-order valence-electron chi connectivity index (χ2n) is 6.71. The molecule has 0 aromatic heterocycles. The summed E-state index contributed by atoms with van der Waals surface area (Å²) >= 11 is 0. The SMILES string of the molecule is CC.CN1CCCC1.NC(=O)C1CCN(C(=O)OCc2ccccc2)CC1. The van der Waals surface area contributed by atoms with Crippen molar-refractivity contribution in [3.05, 3.63) is 35.9 Å². The Morgan fingerprint density at radius 2 is 1.59 bits per heavy atom. The smallest absolute Gasteiger partial charge is 0.410 e. The summed E-state index contributed by atoms with van der Waals surface area (Å²) < 4.78 is 5.23. The number of nitrogens with two attached hydrogens (primary N) is 1. The molecule has 2 aliphatic heterocycles. The number of nitrogens with zero attached hydrogens (tertiary/aromatic N) is 2. The van der Waals surface area contributed by atoms with Gasteiger partial charge in [-0.3, -0.25) is 4.79 Å². The Morgan fingerprint density at radius 1 is 1.04 bits per heavy atom. The number of rotatable bonds is 3. The van der Waals surface area contributed by atoms with Crippen LogP contribution in [0.1, 0.15) is 45.1 Å². The van der Waals surface area contributed by atoms with E-state index < -0.39 is 0 Å². The van der Waals surface area contributed by atoms with Crippen molar-refractivity contribution in [1.82, 2.24) is 9.80 Å². The summed E-state index contributed by atoms with van der Waals surface area (Å²) in [4.78, 5) is 26.9. The van der Waals surface area contributed by atoms with Crippen LogP contribution in [0.3, 0.4) is 0 Å². The van der Waals surface area contributed by atoms with Crippen molar-refractivity contribution < 1.29 is 14.3 Å². The molecule has 0 atom stereocenters. The third-order valence-corrected chi connectivity index (χ3v) is 4.69. The largest absolute Gasteiger partial charge is 0.445 e. The molecule has 6 heteroatoms. The molecule has 1 aromatic carbocycles. The van der Waals surface area contributed by atoms with Crippen molar-refractivity contribution in [2.24, 2.45) is 11.7 Å². The zero-order chi connectivity index (χ0) is 20.1. The van der Waals surface area contributed by atoms with Gasteiger partial charge in [0.05, 0.1) is 0 Å². The molecule has 3 rings (SSSR count). The van der Waals surface area contributed by atoms with Crippen LogP contribution in [0.4, 0.5) is 4.79 Å². The Hall–Kier alpha value is -2.08. The molecule has 2 aliphatic rings. The Bertz CT molecular complexity index is 537. The lowest BCUT2D eigenvalue weighted by molar-refractivity contribution is -0.123. The average molecular weight is 378 g/mol. The normalized spacial score (nSPS) is 17.2. The van der Waals surface area contributed by atoms with Crippen LogP contribution < -0.4 is 5.73 Å². The van der Waals surface area contributed by atoms with Gasteiger partial charge in [-0.25, -0.2) is 4.79 Å². The highest BCUT2D eigenvalue weighted by Crippen LogP contribution is 2.17. The minimum atomic E-state index is -0.327. The summed E-state index contributed by atoms with van der Waals surface area (Å²) in [5, 5.41) is 0. The molecule has 0 bridgehead atoms. The first kappa shape index (κ1) is 23.0. The molecular weight excluding hydrogens is 342 g/mol. The van der Waals surface area contributed by atoms with Crippen molar-refractivity contribution in [2.75, 3.05) is 33.2 Å². The number of amides is 2. The molecule has 2 amide bonds. The third-order valence-electron chi connectivity index (χ3n) is 4.69. The summed E-state index contributed by atoms with van der Waals surface area (Å²) in [6, 6.07) is 9.54. The summed E-state index contributed by atoms with van der Waals surface area (Å²) in [6.45, 7) is 7.97. The number of hydrogen-bond acceptors (Lipinski definition) is 4. The minimum absolute atomic E-state index is 0.113. The number of hydrogen-bond donors (Lipinski definition) is 1. The summed E-state index contributed by atoms with van der Waals surface area (Å²) in [6.07, 6.45) is 3.74.